The van der Waals surface area contributed by atoms with Gasteiger partial charge in [0, 0.05) is 49.2 Å². The van der Waals surface area contributed by atoms with Crippen molar-refractivity contribution in [2.45, 2.75) is 268 Å². The number of amides is 8. The van der Waals surface area contributed by atoms with Crippen molar-refractivity contribution < 1.29 is 48.6 Å². The number of thioether (sulfide) groups is 2. The number of halogens is 5. The molecule has 0 heterocycles. The van der Waals surface area contributed by atoms with E-state index in [2.05, 4.69) is 56.4 Å². The predicted octanol–water partition coefficient (Wildman–Crippen LogP) is 5.37. The van der Waals surface area contributed by atoms with Gasteiger partial charge in [-0.1, -0.05) is 149 Å². The first-order valence-corrected chi connectivity index (χ1v) is 35.2. The van der Waals surface area contributed by atoms with Gasteiger partial charge in [-0.05, 0) is 77.2 Å². The van der Waals surface area contributed by atoms with Gasteiger partial charge in [0.15, 0.2) is 0 Å². The van der Waals surface area contributed by atoms with E-state index in [9.17, 15) is 48.6 Å². The molecule has 30 heteroatoms. The highest BCUT2D eigenvalue weighted by Crippen LogP contribution is 2.15. The number of nitrogens with one attached hydrogen (secondary N) is 8. The van der Waals surface area contributed by atoms with E-state index in [4.69, 9.17) is 28.7 Å². The van der Waals surface area contributed by atoms with Crippen LogP contribution in [0.2, 0.25) is 0 Å². The highest BCUT2D eigenvalue weighted by molar-refractivity contribution is 8.03. The Labute approximate surface area is 586 Å². The molecule has 0 aromatic heterocycles. The molecule has 91 heavy (non-hydrogen) atoms. The van der Waals surface area contributed by atoms with Crippen molar-refractivity contribution in [2.75, 3.05) is 68.9 Å². The molecule has 8 atom stereocenters. The minimum atomic E-state index is -1.28. The number of aliphatic hydroxyl groups excluding tert-OH is 2. The SMILES string of the molecule is CCCCCCCCCCCCNC(=O)C(CO)NC(=O)C(CSCCSCC(NC(=O)C(N)CCCCNC(=O)C(N)CCCN)C(=O)NC(CO)C(=O)NCCCCCCCCCCCC)NC(=O)C(N)CCCCNC(=O)C(N)CCCC.Cl.Cl.Cl.Cl.Cl. The van der Waals surface area contributed by atoms with E-state index in [1.165, 1.54) is 101 Å². The number of unbranched alkanes of at least 4 members (excludes halogenated alkanes) is 21. The summed E-state index contributed by atoms with van der Waals surface area (Å²) >= 11 is 2.60. The molecule has 8 amide bonds. The number of aliphatic hydroxyl groups is 2. The van der Waals surface area contributed by atoms with E-state index < -0.39 is 97.0 Å². The third-order valence-electron chi connectivity index (χ3n) is 14.9. The lowest BCUT2D eigenvalue weighted by atomic mass is 10.1. The molecule has 0 radical (unpaired) electrons. The molecule has 8 unspecified atom stereocenters. The highest BCUT2D eigenvalue weighted by atomic mass is 35.5. The molecular weight excluding hydrogens is 1320 g/mol. The molecule has 0 rings (SSSR count). The molecule has 0 bridgehead atoms. The summed E-state index contributed by atoms with van der Waals surface area (Å²) in [6.45, 7) is 6.95. The largest absolute Gasteiger partial charge is 0.394 e. The van der Waals surface area contributed by atoms with E-state index in [0.717, 1.165) is 64.2 Å². The maximum absolute atomic E-state index is 13.9. The summed E-state index contributed by atoms with van der Waals surface area (Å²) in [4.78, 5) is 106. The third-order valence-corrected chi connectivity index (χ3v) is 17.3. The van der Waals surface area contributed by atoms with Crippen LogP contribution < -0.4 is 71.2 Å². The van der Waals surface area contributed by atoms with Gasteiger partial charge in [-0.25, -0.2) is 0 Å². The topological polar surface area (TPSA) is 403 Å². The zero-order valence-corrected chi connectivity index (χ0v) is 60.9. The average molecular weight is 1440 g/mol. The van der Waals surface area contributed by atoms with E-state index in [0.29, 0.717) is 89.2 Å². The van der Waals surface area contributed by atoms with Crippen LogP contribution in [-0.2, 0) is 38.4 Å². The molecule has 20 N–H and O–H groups in total. The Bertz CT molecular complexity index is 1700. The van der Waals surface area contributed by atoms with Crippen LogP contribution in [0.25, 0.3) is 0 Å². The lowest BCUT2D eigenvalue weighted by Gasteiger charge is -2.24. The molecule has 542 valence electrons. The lowest BCUT2D eigenvalue weighted by Crippen LogP contribution is -2.57. The summed E-state index contributed by atoms with van der Waals surface area (Å²) in [5.74, 6) is -3.37. The summed E-state index contributed by atoms with van der Waals surface area (Å²) in [5.41, 5.74) is 30.0. The van der Waals surface area contributed by atoms with Crippen molar-refractivity contribution in [2.24, 2.45) is 28.7 Å². The average Bonchev–Trinajstić information content (AvgIpc) is 3.52. The zero-order chi connectivity index (χ0) is 64.0. The quantitative estimate of drug-likeness (QED) is 0.0340. The maximum Gasteiger partial charge on any atom is 0.244 e. The number of hydrogen-bond acceptors (Lipinski definition) is 17. The minimum Gasteiger partial charge on any atom is -0.394 e. The van der Waals surface area contributed by atoms with Gasteiger partial charge < -0.3 is 81.4 Å². The van der Waals surface area contributed by atoms with Crippen LogP contribution in [0.1, 0.15) is 220 Å². The standard InChI is InChI=1S/C61H121N13O10S2.5ClH/c1-4-7-10-12-14-16-18-20-22-26-36-69-58(81)50(42-75)71-60(83)52(73-56(79)48(65)32-24-28-38-67-54(77)46(63)31-9-6-3)44-85-40-41-86-45-53(74-57(80)49(66)33-25-29-39-68-55(78)47(64)34-30-35-62)61(84)72-51(43-76)59(82)70-37-27-23-21-19-17-15-13-11-8-5-2;;;;;/h46-53,75-76H,4-45,62-66H2,1-3H3,(H,67,77)(H,68,78)(H,69,81)(H,70,82)(H,71,83)(H,72,84)(H,73,79)(H,74,80);5*1H. The fourth-order valence-corrected chi connectivity index (χ4v) is 11.4. The second-order valence-corrected chi connectivity index (χ2v) is 25.1. The maximum atomic E-state index is 13.9. The smallest absolute Gasteiger partial charge is 0.244 e. The molecule has 0 aliphatic rings. The monoisotopic (exact) mass is 1440 g/mol. The summed E-state index contributed by atoms with van der Waals surface area (Å²) in [6, 6.07) is -8.16. The molecule has 0 spiro atoms. The van der Waals surface area contributed by atoms with Crippen LogP contribution in [0.3, 0.4) is 0 Å². The Morgan fingerprint density at radius 1 is 0.319 bits per heavy atom. The van der Waals surface area contributed by atoms with Crippen LogP contribution in [0.15, 0.2) is 0 Å². The number of carbonyl (C=O) groups excluding carboxylic acids is 8. The molecular formula is C61H126Cl5N13O10S2. The van der Waals surface area contributed by atoms with Gasteiger partial charge in [0.25, 0.3) is 0 Å². The molecule has 0 aliphatic carbocycles. The van der Waals surface area contributed by atoms with Gasteiger partial charge >= 0.3 is 0 Å². The van der Waals surface area contributed by atoms with Gasteiger partial charge in [-0.3, -0.25) is 38.4 Å². The van der Waals surface area contributed by atoms with Crippen LogP contribution in [0.4, 0.5) is 0 Å². The first-order chi connectivity index (χ1) is 41.5. The van der Waals surface area contributed by atoms with Crippen LogP contribution >= 0.6 is 85.6 Å². The predicted molar refractivity (Wildman–Crippen MR) is 386 cm³/mol. The van der Waals surface area contributed by atoms with E-state index in [-0.39, 0.29) is 98.2 Å². The summed E-state index contributed by atoms with van der Waals surface area (Å²) in [5, 5.41) is 42.3. The Kier molecular flexibility index (Phi) is 75.6. The van der Waals surface area contributed by atoms with Crippen LogP contribution in [0, 0.1) is 0 Å². The van der Waals surface area contributed by atoms with Crippen molar-refractivity contribution in [3.05, 3.63) is 0 Å². The van der Waals surface area contributed by atoms with Crippen LogP contribution in [-0.4, -0.2) is 175 Å². The number of rotatable bonds is 59. The lowest BCUT2D eigenvalue weighted by molar-refractivity contribution is -0.132. The summed E-state index contributed by atoms with van der Waals surface area (Å²) < 4.78 is 0. The number of hydrogen-bond donors (Lipinski definition) is 15. The number of carbonyl (C=O) groups is 8. The highest BCUT2D eigenvalue weighted by Gasteiger charge is 2.30. The van der Waals surface area contributed by atoms with Gasteiger partial charge in [0.05, 0.1) is 37.4 Å². The van der Waals surface area contributed by atoms with Gasteiger partial charge in [-0.15, -0.1) is 62.0 Å². The normalized spacial score (nSPS) is 13.3. The Hall–Kier alpha value is -2.37. The Morgan fingerprint density at radius 3 is 0.879 bits per heavy atom. The van der Waals surface area contributed by atoms with Gasteiger partial charge in [0.1, 0.15) is 24.2 Å². The van der Waals surface area contributed by atoms with Gasteiger partial charge in [0.2, 0.25) is 47.3 Å². The van der Waals surface area contributed by atoms with E-state index >= 15 is 0 Å². The minimum absolute atomic E-state index is 0. The van der Waals surface area contributed by atoms with Crippen LogP contribution in [0.5, 0.6) is 0 Å². The van der Waals surface area contributed by atoms with Crippen molar-refractivity contribution >= 4 is 133 Å². The fourth-order valence-electron chi connectivity index (χ4n) is 9.22. The molecule has 0 fully saturated rings. The second kappa shape index (κ2) is 69.0. The van der Waals surface area contributed by atoms with Crippen molar-refractivity contribution in [1.29, 1.82) is 0 Å². The summed E-state index contributed by atoms with van der Waals surface area (Å²) in [7, 11) is 0. The number of nitrogens with two attached hydrogens (primary N) is 5. The first kappa shape index (κ1) is 99.7. The molecule has 0 aliphatic heterocycles. The molecule has 0 aromatic carbocycles. The zero-order valence-electron chi connectivity index (χ0n) is 55.2. The summed E-state index contributed by atoms with van der Waals surface area (Å²) in [6.07, 6.45) is 28.6. The van der Waals surface area contributed by atoms with Crippen molar-refractivity contribution in [1.82, 2.24) is 42.5 Å². The molecule has 0 aromatic rings. The van der Waals surface area contributed by atoms with Crippen molar-refractivity contribution in [3.8, 4) is 0 Å². The van der Waals surface area contributed by atoms with E-state index in [1.54, 1.807) is 0 Å². The Morgan fingerprint density at radius 2 is 0.571 bits per heavy atom. The van der Waals surface area contributed by atoms with Gasteiger partial charge in [-0.2, -0.15) is 23.5 Å². The van der Waals surface area contributed by atoms with Crippen molar-refractivity contribution in [3.63, 3.8) is 0 Å². The third kappa shape index (κ3) is 54.5. The fraction of sp³-hybridized carbons (Fsp3) is 0.869. The molecule has 23 nitrogen and oxygen atoms in total. The molecule has 0 saturated heterocycles. The van der Waals surface area contributed by atoms with E-state index in [1.807, 2.05) is 6.92 Å². The first-order valence-electron chi connectivity index (χ1n) is 32.9. The molecule has 0 saturated carbocycles. The second-order valence-electron chi connectivity index (χ2n) is 22.8. The Balaban J connectivity index is -0.00000361.